The van der Waals surface area contributed by atoms with Crippen molar-refractivity contribution in [1.82, 2.24) is 0 Å². The van der Waals surface area contributed by atoms with Crippen molar-refractivity contribution < 1.29 is 9.59 Å². The molecule has 3 rings (SSSR count). The van der Waals surface area contributed by atoms with Gasteiger partial charge in [-0.2, -0.15) is 0 Å². The molecule has 27 heavy (non-hydrogen) atoms. The van der Waals surface area contributed by atoms with Crippen LogP contribution in [-0.4, -0.2) is 30.3 Å². The number of nitrogens with zero attached hydrogens (tertiary/aromatic N) is 1. The summed E-state index contributed by atoms with van der Waals surface area (Å²) in [5.41, 5.74) is 7.77. The number of carbonyl (C=O) groups is 2. The first kappa shape index (κ1) is 19.0. The third kappa shape index (κ3) is 4.30. The third-order valence-electron chi connectivity index (χ3n) is 5.28. The number of primary amides is 1. The lowest BCUT2D eigenvalue weighted by Gasteiger charge is -2.41. The summed E-state index contributed by atoms with van der Waals surface area (Å²) >= 11 is 0. The molecule has 0 bridgehead atoms. The average molecular weight is 365 g/mol. The van der Waals surface area contributed by atoms with Crippen LogP contribution in [-0.2, 0) is 4.79 Å². The molecule has 1 amide bonds. The van der Waals surface area contributed by atoms with Crippen LogP contribution >= 0.6 is 0 Å². The lowest BCUT2D eigenvalue weighted by molar-refractivity contribution is -0.122. The maximum absolute atomic E-state index is 12.2. The van der Waals surface area contributed by atoms with Crippen LogP contribution in [0.2, 0.25) is 0 Å². The summed E-state index contributed by atoms with van der Waals surface area (Å²) in [7, 11) is 0. The van der Waals surface area contributed by atoms with Crippen LogP contribution in [0.15, 0.2) is 54.6 Å². The van der Waals surface area contributed by atoms with Gasteiger partial charge < -0.3 is 16.0 Å². The number of carbonyl (C=O) groups excluding carboxylic acids is 2. The van der Waals surface area contributed by atoms with Gasteiger partial charge in [-0.25, -0.2) is 0 Å². The number of benzene rings is 2. The molecule has 1 aliphatic rings. The number of nitrogens with one attached hydrogen (secondary N) is 1. The molecule has 2 aromatic carbocycles. The highest BCUT2D eigenvalue weighted by molar-refractivity contribution is 5.96. The number of anilines is 2. The van der Waals surface area contributed by atoms with Gasteiger partial charge in [0.2, 0.25) is 5.91 Å². The van der Waals surface area contributed by atoms with Crippen molar-refractivity contribution in [2.75, 3.05) is 23.3 Å². The highest BCUT2D eigenvalue weighted by Crippen LogP contribution is 2.30. The van der Waals surface area contributed by atoms with Gasteiger partial charge in [-0.3, -0.25) is 9.59 Å². The number of para-hydroxylation sites is 1. The third-order valence-corrected chi connectivity index (χ3v) is 5.28. The maximum atomic E-state index is 12.2. The summed E-state index contributed by atoms with van der Waals surface area (Å²) < 4.78 is 0. The molecular formula is C22H27N3O2. The molecule has 1 fully saturated rings. The van der Waals surface area contributed by atoms with E-state index in [4.69, 9.17) is 5.73 Å². The van der Waals surface area contributed by atoms with Crippen LogP contribution in [0.5, 0.6) is 0 Å². The Morgan fingerprint density at radius 2 is 1.67 bits per heavy atom. The van der Waals surface area contributed by atoms with Crippen LogP contribution in [0.25, 0.3) is 0 Å². The van der Waals surface area contributed by atoms with Gasteiger partial charge in [0.05, 0.1) is 0 Å². The highest BCUT2D eigenvalue weighted by Gasteiger charge is 2.40. The predicted molar refractivity (Wildman–Crippen MR) is 109 cm³/mol. The molecule has 142 valence electrons. The molecule has 2 aromatic rings. The molecule has 0 radical (unpaired) electrons. The molecule has 1 saturated heterocycles. The minimum atomic E-state index is -0.727. The van der Waals surface area contributed by atoms with Crippen molar-refractivity contribution in [2.45, 2.75) is 38.1 Å². The number of hydrogen-bond acceptors (Lipinski definition) is 4. The summed E-state index contributed by atoms with van der Waals surface area (Å²) in [5, 5.41) is 3.36. The standard InChI is InChI=1S/C22H27N3O2/c1-2-6-20(26)17-9-11-19(12-10-17)25-15-13-22(14-16-25,21(23)27)24-18-7-4-3-5-8-18/h3-5,7-12,24H,2,6,13-16H2,1H3,(H2,23,27). The van der Waals surface area contributed by atoms with Crippen LogP contribution in [0.4, 0.5) is 11.4 Å². The Labute approximate surface area is 160 Å². The fraction of sp³-hybridized carbons (Fsp3) is 0.364. The monoisotopic (exact) mass is 365 g/mol. The first-order chi connectivity index (χ1) is 13.0. The Hall–Kier alpha value is -2.82. The number of ketones is 1. The van der Waals surface area contributed by atoms with Gasteiger partial charge in [-0.05, 0) is 55.7 Å². The summed E-state index contributed by atoms with van der Waals surface area (Å²) in [5.74, 6) is -0.131. The van der Waals surface area contributed by atoms with E-state index >= 15 is 0 Å². The molecule has 5 nitrogen and oxygen atoms in total. The van der Waals surface area contributed by atoms with E-state index in [0.29, 0.717) is 19.3 Å². The van der Waals surface area contributed by atoms with Gasteiger partial charge in [0.15, 0.2) is 5.78 Å². The number of amides is 1. The second-order valence-corrected chi connectivity index (χ2v) is 7.14. The van der Waals surface area contributed by atoms with Crippen molar-refractivity contribution in [3.8, 4) is 0 Å². The van der Waals surface area contributed by atoms with Gasteiger partial charge in [0, 0.05) is 36.4 Å². The van der Waals surface area contributed by atoms with Crippen molar-refractivity contribution in [3.63, 3.8) is 0 Å². The highest BCUT2D eigenvalue weighted by atomic mass is 16.1. The minimum absolute atomic E-state index is 0.183. The number of piperidine rings is 1. The molecule has 3 N–H and O–H groups in total. The normalized spacial score (nSPS) is 16.0. The molecule has 0 atom stereocenters. The number of Topliss-reactive ketones (excluding diaryl/α,β-unsaturated/α-hetero) is 1. The number of hydrogen-bond donors (Lipinski definition) is 2. The summed E-state index contributed by atoms with van der Waals surface area (Å²) in [6, 6.07) is 17.5. The Balaban J connectivity index is 1.67. The zero-order chi connectivity index (χ0) is 19.3. The van der Waals surface area contributed by atoms with Gasteiger partial charge in [-0.1, -0.05) is 25.1 Å². The van der Waals surface area contributed by atoms with E-state index in [1.807, 2.05) is 61.5 Å². The molecule has 0 aliphatic carbocycles. The van der Waals surface area contributed by atoms with Crippen LogP contribution < -0.4 is 16.0 Å². The first-order valence-electron chi connectivity index (χ1n) is 9.55. The molecule has 0 unspecified atom stereocenters. The van der Waals surface area contributed by atoms with Crippen molar-refractivity contribution in [3.05, 3.63) is 60.2 Å². The van der Waals surface area contributed by atoms with E-state index in [1.165, 1.54) is 0 Å². The SMILES string of the molecule is CCCC(=O)c1ccc(N2CCC(Nc3ccccc3)(C(N)=O)CC2)cc1. The fourth-order valence-corrected chi connectivity index (χ4v) is 3.61. The molecule has 0 aromatic heterocycles. The smallest absolute Gasteiger partial charge is 0.243 e. The maximum Gasteiger partial charge on any atom is 0.243 e. The predicted octanol–water partition coefficient (Wildman–Crippen LogP) is 3.61. The Bertz CT molecular complexity index is 779. The minimum Gasteiger partial charge on any atom is -0.371 e. The summed E-state index contributed by atoms with van der Waals surface area (Å²) in [4.78, 5) is 26.4. The lowest BCUT2D eigenvalue weighted by Crippen LogP contribution is -2.57. The Morgan fingerprint density at radius 3 is 2.22 bits per heavy atom. The van der Waals surface area contributed by atoms with E-state index in [1.54, 1.807) is 0 Å². The largest absolute Gasteiger partial charge is 0.371 e. The number of rotatable bonds is 7. The molecule has 1 heterocycles. The van der Waals surface area contributed by atoms with E-state index < -0.39 is 5.54 Å². The molecule has 0 saturated carbocycles. The van der Waals surface area contributed by atoms with E-state index in [2.05, 4.69) is 10.2 Å². The second-order valence-electron chi connectivity index (χ2n) is 7.14. The molecule has 5 heteroatoms. The quantitative estimate of drug-likeness (QED) is 0.735. The zero-order valence-corrected chi connectivity index (χ0v) is 15.8. The summed E-state index contributed by atoms with van der Waals surface area (Å²) in [6.07, 6.45) is 2.70. The average Bonchev–Trinajstić information content (AvgIpc) is 2.69. The molecule has 1 aliphatic heterocycles. The fourth-order valence-electron chi connectivity index (χ4n) is 3.61. The second kappa shape index (κ2) is 8.25. The first-order valence-corrected chi connectivity index (χ1v) is 9.55. The van der Waals surface area contributed by atoms with Crippen molar-refractivity contribution in [2.24, 2.45) is 5.73 Å². The van der Waals surface area contributed by atoms with Gasteiger partial charge in [-0.15, -0.1) is 0 Å². The van der Waals surface area contributed by atoms with Gasteiger partial charge >= 0.3 is 0 Å². The van der Waals surface area contributed by atoms with E-state index in [9.17, 15) is 9.59 Å². The lowest BCUT2D eigenvalue weighted by atomic mass is 9.86. The number of nitrogens with two attached hydrogens (primary N) is 1. The Morgan fingerprint density at radius 1 is 1.04 bits per heavy atom. The summed E-state index contributed by atoms with van der Waals surface area (Å²) in [6.45, 7) is 3.46. The zero-order valence-electron chi connectivity index (χ0n) is 15.8. The van der Waals surface area contributed by atoms with Crippen LogP contribution in [0, 0.1) is 0 Å². The van der Waals surface area contributed by atoms with Crippen molar-refractivity contribution >= 4 is 23.1 Å². The Kier molecular flexibility index (Phi) is 5.79. The van der Waals surface area contributed by atoms with Crippen LogP contribution in [0.3, 0.4) is 0 Å². The van der Waals surface area contributed by atoms with E-state index in [0.717, 1.165) is 36.4 Å². The van der Waals surface area contributed by atoms with E-state index in [-0.39, 0.29) is 11.7 Å². The van der Waals surface area contributed by atoms with Gasteiger partial charge in [0.25, 0.3) is 0 Å². The molecular weight excluding hydrogens is 338 g/mol. The van der Waals surface area contributed by atoms with Crippen LogP contribution in [0.1, 0.15) is 43.0 Å². The topological polar surface area (TPSA) is 75.4 Å². The van der Waals surface area contributed by atoms with Crippen molar-refractivity contribution in [1.29, 1.82) is 0 Å². The van der Waals surface area contributed by atoms with Gasteiger partial charge in [0.1, 0.15) is 5.54 Å². The molecule has 0 spiro atoms.